The highest BCUT2D eigenvalue weighted by Crippen LogP contribution is 2.22. The average Bonchev–Trinajstić information content (AvgIpc) is 3.21. The molecular formula is C16H18BrN3O6. The van der Waals surface area contributed by atoms with E-state index in [0.717, 1.165) is 4.68 Å². The van der Waals surface area contributed by atoms with E-state index in [9.17, 15) is 14.4 Å². The third-order valence-electron chi connectivity index (χ3n) is 4.14. The van der Waals surface area contributed by atoms with Crippen LogP contribution >= 0.6 is 15.9 Å². The van der Waals surface area contributed by atoms with Gasteiger partial charge in [-0.15, -0.1) is 5.10 Å². The van der Waals surface area contributed by atoms with Gasteiger partial charge in [-0.25, -0.2) is 4.79 Å². The molecule has 140 valence electrons. The van der Waals surface area contributed by atoms with Gasteiger partial charge in [-0.1, -0.05) is 0 Å². The minimum atomic E-state index is -0.734. The molecule has 0 spiro atoms. The van der Waals surface area contributed by atoms with Crippen molar-refractivity contribution in [3.05, 3.63) is 27.4 Å². The molecule has 26 heavy (non-hydrogen) atoms. The zero-order valence-electron chi connectivity index (χ0n) is 14.1. The Hall–Kier alpha value is -2.36. The molecular weight excluding hydrogens is 410 g/mol. The lowest BCUT2D eigenvalue weighted by atomic mass is 9.97. The molecule has 1 fully saturated rings. The molecule has 0 N–H and O–H groups in total. The molecule has 0 bridgehead atoms. The van der Waals surface area contributed by atoms with Gasteiger partial charge in [0, 0.05) is 13.1 Å². The summed E-state index contributed by atoms with van der Waals surface area (Å²) in [6.07, 6.45) is 1.09. The molecule has 2 aromatic heterocycles. The SMILES string of the molecule is CCOC(=O)C1CCN(C(=O)Cn2nc(-c3ccc(Br)o3)oc2=O)CC1. The Balaban J connectivity index is 1.60. The van der Waals surface area contributed by atoms with Crippen molar-refractivity contribution in [2.45, 2.75) is 26.3 Å². The van der Waals surface area contributed by atoms with Crippen LogP contribution in [-0.4, -0.2) is 46.3 Å². The summed E-state index contributed by atoms with van der Waals surface area (Å²) in [6.45, 7) is 2.76. The first-order chi connectivity index (χ1) is 12.5. The predicted molar refractivity (Wildman–Crippen MR) is 92.1 cm³/mol. The van der Waals surface area contributed by atoms with Crippen LogP contribution in [0.5, 0.6) is 0 Å². The molecule has 0 aliphatic carbocycles. The Morgan fingerprint density at radius 2 is 2.04 bits per heavy atom. The molecule has 0 radical (unpaired) electrons. The number of carbonyl (C=O) groups excluding carboxylic acids is 2. The standard InChI is InChI=1S/C16H18BrN3O6/c1-2-24-15(22)10-5-7-19(8-6-10)13(21)9-20-16(23)26-14(18-20)11-3-4-12(17)25-11/h3-4,10H,2,5-9H2,1H3. The molecule has 2 aromatic rings. The van der Waals surface area contributed by atoms with Crippen molar-refractivity contribution in [2.75, 3.05) is 19.7 Å². The van der Waals surface area contributed by atoms with E-state index in [1.165, 1.54) is 0 Å². The van der Waals surface area contributed by atoms with Crippen LogP contribution in [0.4, 0.5) is 0 Å². The first-order valence-electron chi connectivity index (χ1n) is 8.26. The number of likely N-dealkylation sites (tertiary alicyclic amines) is 1. The van der Waals surface area contributed by atoms with Crippen LogP contribution in [0.25, 0.3) is 11.7 Å². The van der Waals surface area contributed by atoms with Gasteiger partial charge in [-0.05, 0) is 47.8 Å². The number of nitrogens with zero attached hydrogens (tertiary/aromatic N) is 3. The van der Waals surface area contributed by atoms with E-state index in [4.69, 9.17) is 13.6 Å². The van der Waals surface area contributed by atoms with Crippen molar-refractivity contribution >= 4 is 27.8 Å². The number of rotatable bonds is 5. The number of hydrogen-bond acceptors (Lipinski definition) is 7. The lowest BCUT2D eigenvalue weighted by Gasteiger charge is -2.30. The quantitative estimate of drug-likeness (QED) is 0.667. The van der Waals surface area contributed by atoms with Gasteiger partial charge in [0.15, 0.2) is 10.4 Å². The Kier molecular flexibility index (Phi) is 5.60. The Morgan fingerprint density at radius 3 is 2.65 bits per heavy atom. The van der Waals surface area contributed by atoms with Gasteiger partial charge < -0.3 is 18.5 Å². The first kappa shape index (κ1) is 18.4. The fraction of sp³-hybridized carbons (Fsp3) is 0.500. The maximum atomic E-state index is 12.4. The molecule has 1 saturated heterocycles. The van der Waals surface area contributed by atoms with Crippen molar-refractivity contribution in [3.63, 3.8) is 0 Å². The van der Waals surface area contributed by atoms with Gasteiger partial charge in [0.05, 0.1) is 12.5 Å². The van der Waals surface area contributed by atoms with Crippen molar-refractivity contribution < 1.29 is 23.2 Å². The molecule has 1 aliphatic rings. The minimum absolute atomic E-state index is 0.00881. The molecule has 0 saturated carbocycles. The fourth-order valence-electron chi connectivity index (χ4n) is 2.79. The lowest BCUT2D eigenvalue weighted by Crippen LogP contribution is -2.43. The lowest BCUT2D eigenvalue weighted by molar-refractivity contribution is -0.151. The van der Waals surface area contributed by atoms with Crippen LogP contribution in [0.3, 0.4) is 0 Å². The summed E-state index contributed by atoms with van der Waals surface area (Å²) < 4.78 is 16.8. The van der Waals surface area contributed by atoms with Crippen molar-refractivity contribution in [3.8, 4) is 11.7 Å². The maximum absolute atomic E-state index is 12.4. The Bertz CT molecular complexity index is 846. The number of furan rings is 1. The van der Waals surface area contributed by atoms with E-state index in [1.54, 1.807) is 24.0 Å². The fourth-order valence-corrected chi connectivity index (χ4v) is 3.09. The van der Waals surface area contributed by atoms with Crippen LogP contribution in [0.1, 0.15) is 19.8 Å². The molecule has 1 amide bonds. The van der Waals surface area contributed by atoms with Gasteiger partial charge >= 0.3 is 11.7 Å². The number of carbonyl (C=O) groups is 2. The molecule has 0 aromatic carbocycles. The summed E-state index contributed by atoms with van der Waals surface area (Å²) >= 11 is 3.16. The van der Waals surface area contributed by atoms with Gasteiger partial charge in [-0.2, -0.15) is 4.68 Å². The summed E-state index contributed by atoms with van der Waals surface area (Å²) in [5.74, 6) is -1.10. The summed E-state index contributed by atoms with van der Waals surface area (Å²) in [4.78, 5) is 37.7. The number of ether oxygens (including phenoxy) is 1. The largest absolute Gasteiger partial charge is 0.466 e. The highest BCUT2D eigenvalue weighted by Gasteiger charge is 2.28. The van der Waals surface area contributed by atoms with E-state index in [-0.39, 0.29) is 36.0 Å². The predicted octanol–water partition coefficient (Wildman–Crippen LogP) is 1.66. The number of amides is 1. The highest BCUT2D eigenvalue weighted by atomic mass is 79.9. The number of hydrogen-bond donors (Lipinski definition) is 0. The number of piperidine rings is 1. The van der Waals surface area contributed by atoms with E-state index in [2.05, 4.69) is 21.0 Å². The van der Waals surface area contributed by atoms with Gasteiger partial charge in [0.2, 0.25) is 5.91 Å². The topological polar surface area (TPSA) is 108 Å². The van der Waals surface area contributed by atoms with E-state index < -0.39 is 5.76 Å². The Labute approximate surface area is 157 Å². The molecule has 1 aliphatic heterocycles. The normalized spacial score (nSPS) is 15.2. The third kappa shape index (κ3) is 4.06. The minimum Gasteiger partial charge on any atom is -0.466 e. The molecule has 0 unspecified atom stereocenters. The van der Waals surface area contributed by atoms with Crippen LogP contribution in [0.15, 0.2) is 30.4 Å². The number of halogens is 1. The Morgan fingerprint density at radius 1 is 1.31 bits per heavy atom. The van der Waals surface area contributed by atoms with Crippen LogP contribution < -0.4 is 5.76 Å². The van der Waals surface area contributed by atoms with E-state index >= 15 is 0 Å². The number of esters is 1. The smallest absolute Gasteiger partial charge is 0.437 e. The van der Waals surface area contributed by atoms with Crippen molar-refractivity contribution in [1.82, 2.24) is 14.7 Å². The van der Waals surface area contributed by atoms with Crippen LogP contribution in [0.2, 0.25) is 0 Å². The molecule has 3 rings (SSSR count). The third-order valence-corrected chi connectivity index (χ3v) is 4.57. The van der Waals surface area contributed by atoms with Gasteiger partial charge in [0.25, 0.3) is 5.89 Å². The summed E-state index contributed by atoms with van der Waals surface area (Å²) in [6, 6.07) is 3.24. The second-order valence-electron chi connectivity index (χ2n) is 5.84. The monoisotopic (exact) mass is 427 g/mol. The molecule has 9 nitrogen and oxygen atoms in total. The van der Waals surface area contributed by atoms with Crippen LogP contribution in [0, 0.1) is 5.92 Å². The maximum Gasteiger partial charge on any atom is 0.437 e. The van der Waals surface area contributed by atoms with E-state index in [0.29, 0.717) is 37.2 Å². The first-order valence-corrected chi connectivity index (χ1v) is 9.05. The summed E-state index contributed by atoms with van der Waals surface area (Å²) in [7, 11) is 0. The average molecular weight is 428 g/mol. The second kappa shape index (κ2) is 7.90. The van der Waals surface area contributed by atoms with E-state index in [1.807, 2.05) is 0 Å². The van der Waals surface area contributed by atoms with Crippen molar-refractivity contribution in [1.29, 1.82) is 0 Å². The zero-order chi connectivity index (χ0) is 18.7. The highest BCUT2D eigenvalue weighted by molar-refractivity contribution is 9.10. The zero-order valence-corrected chi connectivity index (χ0v) is 15.7. The number of aromatic nitrogens is 2. The summed E-state index contributed by atoms with van der Waals surface area (Å²) in [5, 5.41) is 4.00. The second-order valence-corrected chi connectivity index (χ2v) is 6.62. The molecule has 10 heteroatoms. The molecule has 3 heterocycles. The summed E-state index contributed by atoms with van der Waals surface area (Å²) in [5.41, 5.74) is 0. The van der Waals surface area contributed by atoms with Crippen molar-refractivity contribution in [2.24, 2.45) is 5.92 Å². The van der Waals surface area contributed by atoms with Gasteiger partial charge in [0.1, 0.15) is 6.54 Å². The van der Waals surface area contributed by atoms with Crippen LogP contribution in [-0.2, 0) is 20.9 Å². The van der Waals surface area contributed by atoms with Gasteiger partial charge in [-0.3, -0.25) is 9.59 Å². The molecule has 0 atom stereocenters.